The molecule has 0 radical (unpaired) electrons. The maximum Gasteiger partial charge on any atom is 0.336 e. The van der Waals surface area contributed by atoms with Crippen molar-refractivity contribution in [2.45, 2.75) is 24.3 Å². The van der Waals surface area contributed by atoms with Crippen molar-refractivity contribution in [2.75, 3.05) is 5.75 Å². The summed E-state index contributed by atoms with van der Waals surface area (Å²) >= 11 is 0. The summed E-state index contributed by atoms with van der Waals surface area (Å²) in [5.41, 5.74) is -1.39. The third-order valence-corrected chi connectivity index (χ3v) is 4.24. The van der Waals surface area contributed by atoms with E-state index in [0.29, 0.717) is 0 Å². The van der Waals surface area contributed by atoms with E-state index in [4.69, 9.17) is 5.11 Å². The van der Waals surface area contributed by atoms with Gasteiger partial charge in [0.2, 0.25) is 0 Å². The maximum absolute atomic E-state index is 11.8. The molecule has 0 spiro atoms. The molecule has 0 fully saturated rings. The molecule has 0 aliphatic rings. The average Bonchev–Trinajstić information content (AvgIpc) is 2.16. The monoisotopic (exact) mass is 258 g/mol. The van der Waals surface area contributed by atoms with Crippen LogP contribution in [-0.2, 0) is 14.6 Å². The highest BCUT2D eigenvalue weighted by molar-refractivity contribution is 7.91. The lowest BCUT2D eigenvalue weighted by molar-refractivity contribution is -0.154. The number of aliphatic hydroxyl groups is 1. The summed E-state index contributed by atoms with van der Waals surface area (Å²) in [6.07, 6.45) is 0. The molecule has 0 bridgehead atoms. The van der Waals surface area contributed by atoms with Crippen LogP contribution in [0, 0.1) is 6.92 Å². The molecule has 0 saturated carbocycles. The summed E-state index contributed by atoms with van der Waals surface area (Å²) in [5, 5.41) is 18.1. The first-order chi connectivity index (χ1) is 7.65. The molecule has 0 saturated heterocycles. The van der Waals surface area contributed by atoms with Crippen LogP contribution >= 0.6 is 0 Å². The van der Waals surface area contributed by atoms with Crippen LogP contribution in [0.5, 0.6) is 0 Å². The first-order valence-corrected chi connectivity index (χ1v) is 6.55. The van der Waals surface area contributed by atoms with Crippen LogP contribution in [-0.4, -0.2) is 36.0 Å². The zero-order chi connectivity index (χ0) is 13.3. The third kappa shape index (κ3) is 3.28. The van der Waals surface area contributed by atoms with E-state index in [2.05, 4.69) is 0 Å². The van der Waals surface area contributed by atoms with E-state index in [-0.39, 0.29) is 4.90 Å². The molecule has 5 nitrogen and oxygen atoms in total. The van der Waals surface area contributed by atoms with E-state index < -0.39 is 27.2 Å². The van der Waals surface area contributed by atoms with Gasteiger partial charge in [0, 0.05) is 0 Å². The number of aliphatic carboxylic acids is 1. The molecule has 1 aromatic rings. The van der Waals surface area contributed by atoms with Gasteiger partial charge in [0.05, 0.1) is 10.6 Å². The Hall–Kier alpha value is -1.40. The molecule has 1 aromatic carbocycles. The van der Waals surface area contributed by atoms with Crippen molar-refractivity contribution >= 4 is 15.8 Å². The Morgan fingerprint density at radius 1 is 1.29 bits per heavy atom. The molecular weight excluding hydrogens is 244 g/mol. The lowest BCUT2D eigenvalue weighted by Gasteiger charge is -2.17. The summed E-state index contributed by atoms with van der Waals surface area (Å²) in [6.45, 7) is 2.77. The number of benzene rings is 1. The standard InChI is InChI=1S/C11H14O5S/c1-8-3-5-9(6-4-8)17(15,16)7-11(2,14)10(12)13/h3-6,14H,7H2,1-2H3,(H,12,13). The first kappa shape index (κ1) is 13.7. The van der Waals surface area contributed by atoms with Gasteiger partial charge in [0.1, 0.15) is 0 Å². The second-order valence-corrected chi connectivity index (χ2v) is 6.14. The molecule has 1 rings (SSSR count). The van der Waals surface area contributed by atoms with Gasteiger partial charge in [-0.05, 0) is 26.0 Å². The van der Waals surface area contributed by atoms with E-state index in [1.807, 2.05) is 6.92 Å². The Morgan fingerprint density at radius 2 is 1.76 bits per heavy atom. The second kappa shape index (κ2) is 4.46. The Kier molecular flexibility index (Phi) is 3.59. The largest absolute Gasteiger partial charge is 0.479 e. The molecule has 0 aliphatic heterocycles. The van der Waals surface area contributed by atoms with Gasteiger partial charge in [-0.3, -0.25) is 0 Å². The number of rotatable bonds is 4. The van der Waals surface area contributed by atoms with Gasteiger partial charge in [-0.2, -0.15) is 0 Å². The van der Waals surface area contributed by atoms with Gasteiger partial charge in [0.25, 0.3) is 0 Å². The van der Waals surface area contributed by atoms with Crippen molar-refractivity contribution in [2.24, 2.45) is 0 Å². The number of carboxylic acid groups (broad SMARTS) is 1. The van der Waals surface area contributed by atoms with E-state index in [0.717, 1.165) is 12.5 Å². The van der Waals surface area contributed by atoms with E-state index in [1.54, 1.807) is 12.1 Å². The minimum absolute atomic E-state index is 0.00428. The van der Waals surface area contributed by atoms with Gasteiger partial charge < -0.3 is 10.2 Å². The van der Waals surface area contributed by atoms with Crippen molar-refractivity contribution in [1.29, 1.82) is 0 Å². The molecule has 1 atom stereocenters. The fourth-order valence-corrected chi connectivity index (χ4v) is 2.84. The maximum atomic E-state index is 11.8. The van der Waals surface area contributed by atoms with E-state index in [1.165, 1.54) is 12.1 Å². The van der Waals surface area contributed by atoms with Crippen molar-refractivity contribution in [3.8, 4) is 0 Å². The summed E-state index contributed by atoms with van der Waals surface area (Å²) in [5.74, 6) is -2.41. The van der Waals surface area contributed by atoms with Crippen LogP contribution in [0.4, 0.5) is 0 Å². The zero-order valence-electron chi connectivity index (χ0n) is 9.54. The van der Waals surface area contributed by atoms with Gasteiger partial charge in [-0.25, -0.2) is 13.2 Å². The molecule has 0 amide bonds. The van der Waals surface area contributed by atoms with Crippen molar-refractivity contribution in [3.63, 3.8) is 0 Å². The quantitative estimate of drug-likeness (QED) is 0.825. The Balaban J connectivity index is 3.05. The van der Waals surface area contributed by atoms with Gasteiger partial charge in [-0.1, -0.05) is 17.7 Å². The number of carbonyl (C=O) groups is 1. The van der Waals surface area contributed by atoms with Gasteiger partial charge in [0.15, 0.2) is 15.4 Å². The van der Waals surface area contributed by atoms with Gasteiger partial charge >= 0.3 is 5.97 Å². The predicted molar refractivity (Wildman–Crippen MR) is 61.5 cm³/mol. The molecular formula is C11H14O5S. The predicted octanol–water partition coefficient (Wildman–Crippen LogP) is 0.604. The minimum Gasteiger partial charge on any atom is -0.479 e. The van der Waals surface area contributed by atoms with Crippen molar-refractivity contribution in [1.82, 2.24) is 0 Å². The summed E-state index contributed by atoms with van der Waals surface area (Å²) in [6, 6.07) is 6.01. The fourth-order valence-electron chi connectivity index (χ4n) is 1.26. The van der Waals surface area contributed by atoms with Gasteiger partial charge in [-0.15, -0.1) is 0 Å². The van der Waals surface area contributed by atoms with Crippen molar-refractivity contribution < 1.29 is 23.4 Å². The Labute approximate surface area is 99.6 Å². The SMILES string of the molecule is Cc1ccc(S(=O)(=O)CC(C)(O)C(=O)O)cc1. The first-order valence-electron chi connectivity index (χ1n) is 4.90. The molecule has 2 N–H and O–H groups in total. The molecule has 0 aromatic heterocycles. The average molecular weight is 258 g/mol. The molecule has 17 heavy (non-hydrogen) atoms. The van der Waals surface area contributed by atoms with E-state index >= 15 is 0 Å². The topological polar surface area (TPSA) is 91.7 Å². The van der Waals surface area contributed by atoms with Crippen LogP contribution in [0.1, 0.15) is 12.5 Å². The lowest BCUT2D eigenvalue weighted by Crippen LogP contribution is -2.41. The number of hydrogen-bond donors (Lipinski definition) is 2. The summed E-state index contributed by atoms with van der Waals surface area (Å²) < 4.78 is 23.7. The fraction of sp³-hybridized carbons (Fsp3) is 0.364. The van der Waals surface area contributed by atoms with Crippen LogP contribution in [0.15, 0.2) is 29.2 Å². The molecule has 1 unspecified atom stereocenters. The van der Waals surface area contributed by atoms with Crippen LogP contribution in [0.3, 0.4) is 0 Å². The van der Waals surface area contributed by atoms with E-state index in [9.17, 15) is 18.3 Å². The number of carboxylic acids is 1. The van der Waals surface area contributed by atoms with Crippen LogP contribution < -0.4 is 0 Å². The summed E-state index contributed by atoms with van der Waals surface area (Å²) in [7, 11) is -3.81. The minimum atomic E-state index is -3.81. The van der Waals surface area contributed by atoms with Crippen molar-refractivity contribution in [3.05, 3.63) is 29.8 Å². The normalized spacial score (nSPS) is 15.2. The zero-order valence-corrected chi connectivity index (χ0v) is 10.4. The number of hydrogen-bond acceptors (Lipinski definition) is 4. The number of aryl methyl sites for hydroxylation is 1. The molecule has 6 heteroatoms. The lowest BCUT2D eigenvalue weighted by atomic mass is 10.1. The highest BCUT2D eigenvalue weighted by Gasteiger charge is 2.36. The molecule has 0 aliphatic carbocycles. The summed E-state index contributed by atoms with van der Waals surface area (Å²) in [4.78, 5) is 10.7. The smallest absolute Gasteiger partial charge is 0.336 e. The molecule has 94 valence electrons. The highest BCUT2D eigenvalue weighted by atomic mass is 32.2. The number of sulfone groups is 1. The Bertz CT molecular complexity index is 513. The highest BCUT2D eigenvalue weighted by Crippen LogP contribution is 2.17. The van der Waals surface area contributed by atoms with Crippen LogP contribution in [0.2, 0.25) is 0 Å². The second-order valence-electron chi connectivity index (χ2n) is 4.15. The third-order valence-electron chi connectivity index (χ3n) is 2.31. The molecule has 0 heterocycles. The van der Waals surface area contributed by atoms with Crippen LogP contribution in [0.25, 0.3) is 0 Å². The Morgan fingerprint density at radius 3 is 2.18 bits per heavy atom.